The molecule has 3 aromatic heterocycles. The Bertz CT molecular complexity index is 1710. The van der Waals surface area contributed by atoms with Crippen LogP contribution in [0.25, 0.3) is 16.2 Å². The zero-order valence-corrected chi connectivity index (χ0v) is 25.8. The molecule has 1 aliphatic heterocycles. The predicted octanol–water partition coefficient (Wildman–Crippen LogP) is 3.18. The Kier molecular flexibility index (Phi) is 10.2. The van der Waals surface area contributed by atoms with Crippen molar-refractivity contribution in [2.75, 3.05) is 18.4 Å². The van der Waals surface area contributed by atoms with E-state index in [1.165, 1.54) is 25.0 Å². The van der Waals surface area contributed by atoms with Crippen LogP contribution in [-0.2, 0) is 14.9 Å². The molecule has 0 bridgehead atoms. The smallest absolute Gasteiger partial charge is 0.404 e. The average molecular weight is 646 g/mol. The van der Waals surface area contributed by atoms with E-state index in [1.54, 1.807) is 45.1 Å². The number of nitrogens with zero attached hydrogens (tertiary/aromatic N) is 5. The molecule has 14 nitrogen and oxygen atoms in total. The lowest BCUT2D eigenvalue weighted by Crippen LogP contribution is -2.42. The number of nitrogens with one attached hydrogen (secondary N) is 1. The van der Waals surface area contributed by atoms with Crippen molar-refractivity contribution in [1.82, 2.24) is 24.5 Å². The van der Waals surface area contributed by atoms with E-state index in [0.29, 0.717) is 49.2 Å². The molecule has 1 aromatic carbocycles. The molecule has 2 aliphatic rings. The lowest BCUT2D eigenvalue weighted by Gasteiger charge is -2.31. The Morgan fingerprint density at radius 2 is 1.82 bits per heavy atom. The van der Waals surface area contributed by atoms with Gasteiger partial charge in [-0.1, -0.05) is 17.7 Å². The molecule has 1 saturated heterocycles. The fourth-order valence-electron chi connectivity index (χ4n) is 4.79. The third kappa shape index (κ3) is 8.07. The summed E-state index contributed by atoms with van der Waals surface area (Å²) in [6.07, 6.45) is 6.09. The fourth-order valence-corrected chi connectivity index (χ4v) is 6.06. The van der Waals surface area contributed by atoms with Crippen LogP contribution in [0.1, 0.15) is 48.7 Å². The van der Waals surface area contributed by atoms with Gasteiger partial charge < -0.3 is 26.2 Å². The van der Waals surface area contributed by atoms with Gasteiger partial charge in [-0.2, -0.15) is 13.5 Å². The zero-order chi connectivity index (χ0) is 30.7. The van der Waals surface area contributed by atoms with Crippen LogP contribution in [0.4, 0.5) is 10.6 Å². The molecule has 0 radical (unpaired) electrons. The second-order valence-electron chi connectivity index (χ2n) is 10.7. The Hall–Kier alpha value is -4.12. The number of ether oxygens (including phenoxy) is 1. The molecule has 16 heteroatoms. The van der Waals surface area contributed by atoms with Gasteiger partial charge in [0.05, 0.1) is 16.7 Å². The molecule has 1 atom stereocenters. The van der Waals surface area contributed by atoms with Crippen LogP contribution >= 0.6 is 11.3 Å². The molecule has 6 rings (SSSR count). The van der Waals surface area contributed by atoms with E-state index in [-0.39, 0.29) is 28.4 Å². The number of primary amides is 1. The molecule has 236 valence electrons. The number of aryl methyl sites for hydroxylation is 1. The minimum atomic E-state index is -4.02. The molecular weight excluding hydrogens is 610 g/mol. The molecule has 1 aliphatic carbocycles. The number of anilines is 1. The maximum Gasteiger partial charge on any atom is 0.404 e. The van der Waals surface area contributed by atoms with E-state index in [1.807, 2.05) is 18.5 Å². The molecule has 2 amide bonds. The minimum Gasteiger partial charge on any atom is -0.446 e. The molecule has 6 N–H and O–H groups in total. The largest absolute Gasteiger partial charge is 0.446 e. The normalized spacial score (nSPS) is 15.9. The van der Waals surface area contributed by atoms with Gasteiger partial charge in [-0.15, -0.1) is 11.3 Å². The number of likely N-dealkylation sites (tertiary alicyclic amines) is 1. The fraction of sp³-hybridized carbons (Fsp3) is 0.393. The highest BCUT2D eigenvalue weighted by Gasteiger charge is 2.30. The number of fused-ring (bicyclic) bond motifs is 1. The van der Waals surface area contributed by atoms with Crippen molar-refractivity contribution in [2.45, 2.75) is 56.6 Å². The highest BCUT2D eigenvalue weighted by Crippen LogP contribution is 2.34. The first-order valence-electron chi connectivity index (χ1n) is 13.8. The van der Waals surface area contributed by atoms with Crippen molar-refractivity contribution in [1.29, 1.82) is 0 Å². The topological polar surface area (TPSA) is 214 Å². The lowest BCUT2D eigenvalue weighted by molar-refractivity contribution is 0.0451. The minimum absolute atomic E-state index is 0. The van der Waals surface area contributed by atoms with Gasteiger partial charge >= 0.3 is 6.09 Å². The Labute approximate surface area is 258 Å². The van der Waals surface area contributed by atoms with Gasteiger partial charge in [0.25, 0.3) is 16.0 Å². The van der Waals surface area contributed by atoms with Gasteiger partial charge in [0.15, 0.2) is 5.82 Å². The zero-order valence-electron chi connectivity index (χ0n) is 24.2. The van der Waals surface area contributed by atoms with Gasteiger partial charge in [-0.05, 0) is 44.7 Å². The molecular formula is C28H35N7O7S2. The predicted molar refractivity (Wildman–Crippen MR) is 164 cm³/mol. The summed E-state index contributed by atoms with van der Waals surface area (Å²) in [4.78, 5) is 36.2. The maximum atomic E-state index is 13.3. The van der Waals surface area contributed by atoms with E-state index < -0.39 is 16.2 Å². The van der Waals surface area contributed by atoms with Crippen molar-refractivity contribution in [3.63, 3.8) is 0 Å². The molecule has 0 unspecified atom stereocenters. The Morgan fingerprint density at radius 3 is 2.43 bits per heavy atom. The van der Waals surface area contributed by atoms with Crippen molar-refractivity contribution in [3.8, 4) is 11.4 Å². The standard InChI is InChI=1S/C21H25N7O3S.C7H8O3S.H2O/c1-12(13-2-3-13)24-17-10-16(19(29)27-6-4-14(5-7-27)31-21(22)30)25-18(26-17)15-11-23-28-8-9-32-20(15)28;1-6-2-4-7(5-3-6)11(8,9)10;/h8-14H,2-7H2,1H3,(H2,22,30)(H,24,25,26);2-5H,1H3,(H,8,9,10);1H2/t12-;;/m0../s1. The number of thiazole rings is 1. The Balaban J connectivity index is 0.000000313. The average Bonchev–Trinajstić information content (AvgIpc) is 3.58. The summed E-state index contributed by atoms with van der Waals surface area (Å²) in [5.74, 6) is 1.59. The third-order valence-corrected chi connectivity index (χ3v) is 9.11. The van der Waals surface area contributed by atoms with Gasteiger partial charge in [0.1, 0.15) is 22.4 Å². The van der Waals surface area contributed by atoms with Crippen LogP contribution in [0.15, 0.2) is 53.0 Å². The molecule has 4 heterocycles. The molecule has 4 aromatic rings. The van der Waals surface area contributed by atoms with Gasteiger partial charge in [-0.25, -0.2) is 19.3 Å². The maximum absolute atomic E-state index is 13.3. The lowest BCUT2D eigenvalue weighted by atomic mass is 10.1. The number of piperidine rings is 1. The third-order valence-electron chi connectivity index (χ3n) is 7.35. The first-order valence-corrected chi connectivity index (χ1v) is 16.2. The summed E-state index contributed by atoms with van der Waals surface area (Å²) in [6.45, 7) is 4.93. The summed E-state index contributed by atoms with van der Waals surface area (Å²) in [5, 5.41) is 9.77. The Morgan fingerprint density at radius 1 is 1.14 bits per heavy atom. The molecule has 44 heavy (non-hydrogen) atoms. The number of hydrogen-bond donors (Lipinski definition) is 3. The van der Waals surface area contributed by atoms with Gasteiger partial charge in [0, 0.05) is 49.6 Å². The van der Waals surface area contributed by atoms with Crippen molar-refractivity contribution >= 4 is 44.1 Å². The number of rotatable bonds is 7. The number of nitrogens with two attached hydrogens (primary N) is 1. The van der Waals surface area contributed by atoms with E-state index >= 15 is 0 Å². The van der Waals surface area contributed by atoms with E-state index in [4.69, 9.17) is 20.0 Å². The quantitative estimate of drug-likeness (QED) is 0.250. The molecule has 1 saturated carbocycles. The van der Waals surface area contributed by atoms with Gasteiger partial charge in [-0.3, -0.25) is 9.35 Å². The summed E-state index contributed by atoms with van der Waals surface area (Å²) in [7, 11) is -4.02. The number of amides is 2. The van der Waals surface area contributed by atoms with Crippen LogP contribution in [-0.4, -0.2) is 80.2 Å². The van der Waals surface area contributed by atoms with Crippen LogP contribution in [0.3, 0.4) is 0 Å². The summed E-state index contributed by atoms with van der Waals surface area (Å²) >= 11 is 1.55. The van der Waals surface area contributed by atoms with E-state index in [2.05, 4.69) is 22.3 Å². The number of aromatic nitrogens is 4. The summed E-state index contributed by atoms with van der Waals surface area (Å²) in [5.41, 5.74) is 7.21. The highest BCUT2D eigenvalue weighted by atomic mass is 32.2. The van der Waals surface area contributed by atoms with Crippen molar-refractivity contribution < 1.29 is 32.8 Å². The van der Waals surface area contributed by atoms with Crippen molar-refractivity contribution in [2.24, 2.45) is 11.7 Å². The monoisotopic (exact) mass is 645 g/mol. The SMILES string of the molecule is C[C@H](Nc1cc(C(=O)N2CCC(OC(N)=O)CC2)nc(-c2cnn3ccsc23)n1)C1CC1.Cc1ccc(S(=O)(=O)O)cc1.O. The first-order chi connectivity index (χ1) is 20.5. The second-order valence-corrected chi connectivity index (χ2v) is 13.0. The van der Waals surface area contributed by atoms with Crippen LogP contribution in [0, 0.1) is 12.8 Å². The van der Waals surface area contributed by atoms with Gasteiger partial charge in [0.2, 0.25) is 0 Å². The van der Waals surface area contributed by atoms with Crippen LogP contribution in [0.2, 0.25) is 0 Å². The summed E-state index contributed by atoms with van der Waals surface area (Å²) < 4.78 is 36.4. The summed E-state index contributed by atoms with van der Waals surface area (Å²) in [6, 6.07) is 7.99. The molecule has 2 fully saturated rings. The van der Waals surface area contributed by atoms with Crippen molar-refractivity contribution in [3.05, 3.63) is 59.4 Å². The molecule has 0 spiro atoms. The second kappa shape index (κ2) is 13.7. The van der Waals surface area contributed by atoms with E-state index in [0.717, 1.165) is 16.0 Å². The first kappa shape index (κ1) is 32.8. The number of carbonyl (C=O) groups excluding carboxylic acids is 2. The highest BCUT2D eigenvalue weighted by molar-refractivity contribution is 7.85. The number of carbonyl (C=O) groups is 2. The number of benzene rings is 1. The van der Waals surface area contributed by atoms with Crippen LogP contribution in [0.5, 0.6) is 0 Å². The van der Waals surface area contributed by atoms with Crippen LogP contribution < -0.4 is 11.1 Å². The number of hydrogen-bond acceptors (Lipinski definition) is 10. The van der Waals surface area contributed by atoms with E-state index in [9.17, 15) is 18.0 Å².